The van der Waals surface area contributed by atoms with Crippen molar-refractivity contribution in [1.82, 2.24) is 0 Å². The van der Waals surface area contributed by atoms with Gasteiger partial charge in [-0.25, -0.2) is 0 Å². The van der Waals surface area contributed by atoms with Crippen molar-refractivity contribution in [3.05, 3.63) is 10.5 Å². The van der Waals surface area contributed by atoms with E-state index in [1.165, 1.54) is 25.0 Å². The number of thioether (sulfide) groups is 1. The molecule has 64 valence electrons. The fourth-order valence-corrected chi connectivity index (χ4v) is 3.34. The predicted octanol–water partition coefficient (Wildman–Crippen LogP) is 3.83. The highest BCUT2D eigenvalue weighted by Crippen LogP contribution is 2.40. The Hall–Kier alpha value is 0.0900. The molecule has 0 aliphatic carbocycles. The van der Waals surface area contributed by atoms with Crippen LogP contribution in [0.4, 0.5) is 0 Å². The molecule has 0 radical (unpaired) electrons. The van der Waals surface area contributed by atoms with Crippen molar-refractivity contribution in [2.45, 2.75) is 40.0 Å². The molecule has 1 heterocycles. The highest BCUT2D eigenvalue weighted by atomic mass is 32.2. The maximum absolute atomic E-state index is 2.31. The van der Waals surface area contributed by atoms with E-state index >= 15 is 0 Å². The zero-order valence-corrected chi connectivity index (χ0v) is 8.63. The van der Waals surface area contributed by atoms with Gasteiger partial charge < -0.3 is 0 Å². The van der Waals surface area contributed by atoms with E-state index in [2.05, 4.69) is 32.5 Å². The minimum Gasteiger partial charge on any atom is -0.130 e. The van der Waals surface area contributed by atoms with E-state index in [9.17, 15) is 0 Å². The number of hydrogen-bond donors (Lipinski definition) is 0. The first-order chi connectivity index (χ1) is 5.33. The van der Waals surface area contributed by atoms with Crippen LogP contribution in [0.1, 0.15) is 40.0 Å². The van der Waals surface area contributed by atoms with Crippen LogP contribution in [-0.2, 0) is 0 Å². The Morgan fingerprint density at radius 1 is 1.27 bits per heavy atom. The Labute approximate surface area is 74.5 Å². The molecule has 0 fully saturated rings. The van der Waals surface area contributed by atoms with Gasteiger partial charge in [-0.15, -0.1) is 11.8 Å². The predicted molar refractivity (Wildman–Crippen MR) is 53.8 cm³/mol. The molecule has 1 heteroatoms. The third kappa shape index (κ3) is 1.81. The maximum Gasteiger partial charge on any atom is 0.00428 e. The Bertz CT molecular complexity index is 158. The molecule has 0 bridgehead atoms. The van der Waals surface area contributed by atoms with Crippen LogP contribution in [0.15, 0.2) is 10.5 Å². The lowest BCUT2D eigenvalue weighted by Gasteiger charge is -2.09. The molecule has 0 saturated heterocycles. The minimum atomic E-state index is 0.903. The Kier molecular flexibility index (Phi) is 3.50. The van der Waals surface area contributed by atoms with Crippen LogP contribution in [0.3, 0.4) is 0 Å². The van der Waals surface area contributed by atoms with E-state index in [1.54, 1.807) is 10.5 Å². The average molecular weight is 170 g/mol. The van der Waals surface area contributed by atoms with Crippen LogP contribution >= 0.6 is 11.8 Å². The SMILES string of the molecule is CCC1=C(CC)C(CC)CS1. The van der Waals surface area contributed by atoms with Crippen LogP contribution in [0, 0.1) is 5.92 Å². The quantitative estimate of drug-likeness (QED) is 0.620. The molecule has 1 unspecified atom stereocenters. The molecule has 0 N–H and O–H groups in total. The second-order valence-electron chi connectivity index (χ2n) is 3.07. The Morgan fingerprint density at radius 3 is 2.45 bits per heavy atom. The topological polar surface area (TPSA) is 0 Å². The summed E-state index contributed by atoms with van der Waals surface area (Å²) in [6, 6.07) is 0. The molecule has 0 saturated carbocycles. The summed E-state index contributed by atoms with van der Waals surface area (Å²) in [6.07, 6.45) is 3.86. The van der Waals surface area contributed by atoms with Crippen molar-refractivity contribution in [1.29, 1.82) is 0 Å². The van der Waals surface area contributed by atoms with Gasteiger partial charge in [0.05, 0.1) is 0 Å². The zero-order valence-electron chi connectivity index (χ0n) is 7.81. The van der Waals surface area contributed by atoms with E-state index in [4.69, 9.17) is 0 Å². The normalized spacial score (nSPS) is 24.8. The molecule has 0 nitrogen and oxygen atoms in total. The first-order valence-electron chi connectivity index (χ1n) is 4.68. The summed E-state index contributed by atoms with van der Waals surface area (Å²) in [5.74, 6) is 2.25. The zero-order chi connectivity index (χ0) is 8.27. The largest absolute Gasteiger partial charge is 0.130 e. The molecule has 1 aliphatic rings. The van der Waals surface area contributed by atoms with Gasteiger partial charge in [0.15, 0.2) is 0 Å². The van der Waals surface area contributed by atoms with Crippen molar-refractivity contribution in [2.24, 2.45) is 5.92 Å². The summed E-state index contributed by atoms with van der Waals surface area (Å²) in [4.78, 5) is 1.68. The molecule has 0 aromatic rings. The molecule has 0 spiro atoms. The number of allylic oxidation sites excluding steroid dienone is 2. The van der Waals surface area contributed by atoms with Crippen LogP contribution < -0.4 is 0 Å². The fourth-order valence-electron chi connectivity index (χ4n) is 1.80. The van der Waals surface area contributed by atoms with E-state index < -0.39 is 0 Å². The fraction of sp³-hybridized carbons (Fsp3) is 0.800. The maximum atomic E-state index is 2.31. The third-order valence-corrected chi connectivity index (χ3v) is 3.97. The van der Waals surface area contributed by atoms with E-state index in [0.717, 1.165) is 5.92 Å². The summed E-state index contributed by atoms with van der Waals surface area (Å²) in [7, 11) is 0. The summed E-state index contributed by atoms with van der Waals surface area (Å²) < 4.78 is 0. The van der Waals surface area contributed by atoms with Crippen molar-refractivity contribution in [3.8, 4) is 0 Å². The molecular weight excluding hydrogens is 152 g/mol. The average Bonchev–Trinajstić information content (AvgIpc) is 2.45. The summed E-state index contributed by atoms with van der Waals surface area (Å²) in [5, 5.41) is 0. The van der Waals surface area contributed by atoms with Crippen molar-refractivity contribution >= 4 is 11.8 Å². The van der Waals surface area contributed by atoms with Crippen molar-refractivity contribution < 1.29 is 0 Å². The summed E-state index contributed by atoms with van der Waals surface area (Å²) in [5.41, 5.74) is 1.75. The minimum absolute atomic E-state index is 0.903. The smallest absolute Gasteiger partial charge is 0.00428 e. The van der Waals surface area contributed by atoms with Gasteiger partial charge in [-0.3, -0.25) is 0 Å². The van der Waals surface area contributed by atoms with Gasteiger partial charge in [0, 0.05) is 5.75 Å². The Balaban J connectivity index is 2.70. The van der Waals surface area contributed by atoms with Gasteiger partial charge >= 0.3 is 0 Å². The lowest BCUT2D eigenvalue weighted by molar-refractivity contribution is 0.649. The molecule has 11 heavy (non-hydrogen) atoms. The number of hydrogen-bond acceptors (Lipinski definition) is 1. The Morgan fingerprint density at radius 2 is 2.00 bits per heavy atom. The molecular formula is C10H18S. The highest BCUT2D eigenvalue weighted by Gasteiger charge is 2.21. The molecule has 1 rings (SSSR count). The van der Waals surface area contributed by atoms with Crippen LogP contribution in [0.5, 0.6) is 0 Å². The van der Waals surface area contributed by atoms with Gasteiger partial charge in [0.2, 0.25) is 0 Å². The van der Waals surface area contributed by atoms with Crippen LogP contribution in [0.2, 0.25) is 0 Å². The number of rotatable bonds is 3. The van der Waals surface area contributed by atoms with E-state index in [0.29, 0.717) is 0 Å². The first kappa shape index (κ1) is 9.18. The van der Waals surface area contributed by atoms with Gasteiger partial charge in [-0.2, -0.15) is 0 Å². The van der Waals surface area contributed by atoms with E-state index in [-0.39, 0.29) is 0 Å². The molecule has 0 aromatic heterocycles. The lowest BCUT2D eigenvalue weighted by Crippen LogP contribution is -1.99. The van der Waals surface area contributed by atoms with Gasteiger partial charge in [0.25, 0.3) is 0 Å². The van der Waals surface area contributed by atoms with Crippen LogP contribution in [0.25, 0.3) is 0 Å². The van der Waals surface area contributed by atoms with E-state index in [1.807, 2.05) is 0 Å². The first-order valence-corrected chi connectivity index (χ1v) is 5.66. The standard InChI is InChI=1S/C10H18S/c1-4-8-7-11-10(6-3)9(8)5-2/h8H,4-7H2,1-3H3. The third-order valence-electron chi connectivity index (χ3n) is 2.50. The van der Waals surface area contributed by atoms with Crippen molar-refractivity contribution in [2.75, 3.05) is 5.75 Å². The van der Waals surface area contributed by atoms with Crippen LogP contribution in [-0.4, -0.2) is 5.75 Å². The van der Waals surface area contributed by atoms with Gasteiger partial charge in [-0.05, 0) is 30.1 Å². The highest BCUT2D eigenvalue weighted by molar-refractivity contribution is 8.03. The molecule has 1 aliphatic heterocycles. The molecule has 0 aromatic carbocycles. The monoisotopic (exact) mass is 170 g/mol. The van der Waals surface area contributed by atoms with Gasteiger partial charge in [-0.1, -0.05) is 26.3 Å². The molecule has 0 amide bonds. The van der Waals surface area contributed by atoms with Gasteiger partial charge in [0.1, 0.15) is 0 Å². The second kappa shape index (κ2) is 4.20. The summed E-state index contributed by atoms with van der Waals surface area (Å²) in [6.45, 7) is 6.87. The van der Waals surface area contributed by atoms with Crippen molar-refractivity contribution in [3.63, 3.8) is 0 Å². The molecule has 1 atom stereocenters. The summed E-state index contributed by atoms with van der Waals surface area (Å²) >= 11 is 2.09. The second-order valence-corrected chi connectivity index (χ2v) is 4.19. The lowest BCUT2D eigenvalue weighted by atomic mass is 9.95.